The maximum Gasteiger partial charge on any atom is 0.0583 e. The van der Waals surface area contributed by atoms with Crippen LogP contribution in [0.4, 0.5) is 0 Å². The monoisotopic (exact) mass is 158 g/mol. The molecule has 0 radical (unpaired) electrons. The Morgan fingerprint density at radius 1 is 1.36 bits per heavy atom. The predicted octanol–water partition coefficient (Wildman–Crippen LogP) is -0.208. The van der Waals surface area contributed by atoms with Crippen molar-refractivity contribution in [2.75, 3.05) is 26.2 Å². The largest absolute Gasteiger partial charge is 0.395 e. The van der Waals surface area contributed by atoms with E-state index in [9.17, 15) is 0 Å². The van der Waals surface area contributed by atoms with Gasteiger partial charge >= 0.3 is 0 Å². The average Bonchev–Trinajstić information content (AvgIpc) is 2.52. The molecule has 0 aromatic heterocycles. The average molecular weight is 158 g/mol. The topological polar surface area (TPSA) is 49.5 Å². The van der Waals surface area contributed by atoms with E-state index in [2.05, 4.69) is 4.90 Å². The second-order valence-corrected chi connectivity index (χ2v) is 3.28. The molecule has 1 aliphatic rings. The zero-order valence-corrected chi connectivity index (χ0v) is 7.00. The predicted molar refractivity (Wildman–Crippen MR) is 45.4 cm³/mol. The number of hydrogen-bond donors (Lipinski definition) is 2. The lowest BCUT2D eigenvalue weighted by Gasteiger charge is -2.16. The Morgan fingerprint density at radius 2 is 2.00 bits per heavy atom. The van der Waals surface area contributed by atoms with Gasteiger partial charge in [0.1, 0.15) is 0 Å². The van der Waals surface area contributed by atoms with Gasteiger partial charge in [-0.05, 0) is 38.9 Å². The molecule has 3 nitrogen and oxygen atoms in total. The first-order valence-electron chi connectivity index (χ1n) is 4.41. The van der Waals surface area contributed by atoms with Crippen molar-refractivity contribution in [1.82, 2.24) is 4.90 Å². The van der Waals surface area contributed by atoms with Crippen LogP contribution in [0.5, 0.6) is 0 Å². The molecule has 1 saturated heterocycles. The van der Waals surface area contributed by atoms with Crippen LogP contribution in [-0.2, 0) is 0 Å². The molecule has 0 aromatic carbocycles. The molecule has 66 valence electrons. The van der Waals surface area contributed by atoms with Crippen molar-refractivity contribution in [3.05, 3.63) is 0 Å². The molecule has 1 heterocycles. The van der Waals surface area contributed by atoms with E-state index in [-0.39, 0.29) is 12.6 Å². The van der Waals surface area contributed by atoms with E-state index < -0.39 is 0 Å². The van der Waals surface area contributed by atoms with Gasteiger partial charge in [-0.3, -0.25) is 0 Å². The van der Waals surface area contributed by atoms with Crippen LogP contribution < -0.4 is 5.73 Å². The zero-order valence-electron chi connectivity index (χ0n) is 7.00. The molecule has 3 heteroatoms. The van der Waals surface area contributed by atoms with Gasteiger partial charge in [-0.25, -0.2) is 0 Å². The molecular weight excluding hydrogens is 140 g/mol. The first kappa shape index (κ1) is 8.97. The fraction of sp³-hybridized carbons (Fsp3) is 1.00. The van der Waals surface area contributed by atoms with E-state index in [1.54, 1.807) is 0 Å². The van der Waals surface area contributed by atoms with Crippen LogP contribution in [0.1, 0.15) is 19.3 Å². The summed E-state index contributed by atoms with van der Waals surface area (Å²) in [5, 5.41) is 8.67. The molecule has 11 heavy (non-hydrogen) atoms. The van der Waals surface area contributed by atoms with Gasteiger partial charge in [-0.15, -0.1) is 0 Å². The third-order valence-corrected chi connectivity index (χ3v) is 2.25. The normalized spacial score (nSPS) is 22.4. The molecule has 1 atom stereocenters. The summed E-state index contributed by atoms with van der Waals surface area (Å²) in [6.45, 7) is 3.62. The molecule has 1 unspecified atom stereocenters. The highest BCUT2D eigenvalue weighted by Gasteiger charge is 2.11. The summed E-state index contributed by atoms with van der Waals surface area (Å²) in [7, 11) is 0. The van der Waals surface area contributed by atoms with Crippen molar-refractivity contribution in [1.29, 1.82) is 0 Å². The summed E-state index contributed by atoms with van der Waals surface area (Å²) in [5.41, 5.74) is 5.57. The fourth-order valence-electron chi connectivity index (χ4n) is 1.45. The molecule has 0 aromatic rings. The summed E-state index contributed by atoms with van der Waals surface area (Å²) in [4.78, 5) is 2.41. The fourth-order valence-corrected chi connectivity index (χ4v) is 1.45. The Morgan fingerprint density at radius 3 is 2.55 bits per heavy atom. The molecule has 0 saturated carbocycles. The van der Waals surface area contributed by atoms with E-state index in [0.29, 0.717) is 0 Å². The Balaban J connectivity index is 2.01. The van der Waals surface area contributed by atoms with Gasteiger partial charge in [-0.1, -0.05) is 0 Å². The van der Waals surface area contributed by atoms with Gasteiger partial charge in [0.15, 0.2) is 0 Å². The highest BCUT2D eigenvalue weighted by Crippen LogP contribution is 2.07. The van der Waals surface area contributed by atoms with Gasteiger partial charge in [0.25, 0.3) is 0 Å². The molecule has 1 rings (SSSR count). The maximum atomic E-state index is 8.67. The lowest BCUT2D eigenvalue weighted by molar-refractivity contribution is 0.240. The molecule has 0 spiro atoms. The van der Waals surface area contributed by atoms with Crippen LogP contribution >= 0.6 is 0 Å². The minimum atomic E-state index is -0.0180. The van der Waals surface area contributed by atoms with E-state index in [4.69, 9.17) is 10.8 Å². The summed E-state index contributed by atoms with van der Waals surface area (Å²) < 4.78 is 0. The van der Waals surface area contributed by atoms with Crippen LogP contribution in [-0.4, -0.2) is 42.3 Å². The summed E-state index contributed by atoms with van der Waals surface area (Å²) in [6, 6.07) is -0.0180. The maximum absolute atomic E-state index is 8.67. The number of aliphatic hydroxyl groups excluding tert-OH is 1. The molecule has 1 aliphatic heterocycles. The molecule has 3 N–H and O–H groups in total. The lowest BCUT2D eigenvalue weighted by atomic mass is 10.2. The standard InChI is InChI=1S/C8H18N2O/c9-8(7-11)3-6-10-4-1-2-5-10/h8,11H,1-7,9H2. The molecular formula is C8H18N2O. The number of nitrogens with zero attached hydrogens (tertiary/aromatic N) is 1. The van der Waals surface area contributed by atoms with Crippen molar-refractivity contribution in [2.24, 2.45) is 5.73 Å². The third kappa shape index (κ3) is 3.18. The number of nitrogens with two attached hydrogens (primary N) is 1. The first-order chi connectivity index (χ1) is 5.33. The van der Waals surface area contributed by atoms with Crippen molar-refractivity contribution in [2.45, 2.75) is 25.3 Å². The summed E-state index contributed by atoms with van der Waals surface area (Å²) in [6.07, 6.45) is 3.58. The zero-order chi connectivity index (χ0) is 8.10. The van der Waals surface area contributed by atoms with Gasteiger partial charge in [0.05, 0.1) is 6.61 Å². The van der Waals surface area contributed by atoms with E-state index in [0.717, 1.165) is 13.0 Å². The molecule has 1 fully saturated rings. The van der Waals surface area contributed by atoms with E-state index in [1.807, 2.05) is 0 Å². The Hall–Kier alpha value is -0.120. The second-order valence-electron chi connectivity index (χ2n) is 3.28. The minimum absolute atomic E-state index is 0.0180. The quantitative estimate of drug-likeness (QED) is 0.595. The van der Waals surface area contributed by atoms with Crippen LogP contribution in [0.2, 0.25) is 0 Å². The first-order valence-corrected chi connectivity index (χ1v) is 4.41. The van der Waals surface area contributed by atoms with Gasteiger partial charge in [-0.2, -0.15) is 0 Å². The molecule has 0 bridgehead atoms. The van der Waals surface area contributed by atoms with Crippen molar-refractivity contribution in [3.63, 3.8) is 0 Å². The van der Waals surface area contributed by atoms with Crippen LogP contribution in [0.3, 0.4) is 0 Å². The number of aliphatic hydroxyl groups is 1. The molecule has 0 amide bonds. The Bertz CT molecular complexity index is 102. The SMILES string of the molecule is NC(CO)CCN1CCCC1. The Kier molecular flexibility index (Phi) is 3.83. The summed E-state index contributed by atoms with van der Waals surface area (Å²) >= 11 is 0. The van der Waals surface area contributed by atoms with Crippen molar-refractivity contribution >= 4 is 0 Å². The van der Waals surface area contributed by atoms with E-state index in [1.165, 1.54) is 25.9 Å². The second kappa shape index (κ2) is 4.70. The van der Waals surface area contributed by atoms with Crippen LogP contribution in [0.25, 0.3) is 0 Å². The minimum Gasteiger partial charge on any atom is -0.395 e. The Labute approximate surface area is 68.2 Å². The van der Waals surface area contributed by atoms with Gasteiger partial charge in [0.2, 0.25) is 0 Å². The highest BCUT2D eigenvalue weighted by atomic mass is 16.3. The number of hydrogen-bond acceptors (Lipinski definition) is 3. The van der Waals surface area contributed by atoms with Crippen LogP contribution in [0.15, 0.2) is 0 Å². The lowest BCUT2D eigenvalue weighted by Crippen LogP contribution is -2.31. The number of likely N-dealkylation sites (tertiary alicyclic amines) is 1. The third-order valence-electron chi connectivity index (χ3n) is 2.25. The van der Waals surface area contributed by atoms with Gasteiger partial charge < -0.3 is 15.7 Å². The van der Waals surface area contributed by atoms with E-state index >= 15 is 0 Å². The van der Waals surface area contributed by atoms with Crippen molar-refractivity contribution in [3.8, 4) is 0 Å². The van der Waals surface area contributed by atoms with Crippen molar-refractivity contribution < 1.29 is 5.11 Å². The molecule has 0 aliphatic carbocycles. The highest BCUT2D eigenvalue weighted by molar-refractivity contribution is 4.69. The smallest absolute Gasteiger partial charge is 0.0583 e. The summed E-state index contributed by atoms with van der Waals surface area (Å²) in [5.74, 6) is 0. The number of rotatable bonds is 4. The van der Waals surface area contributed by atoms with Crippen LogP contribution in [0, 0.1) is 0 Å². The van der Waals surface area contributed by atoms with Gasteiger partial charge in [0, 0.05) is 6.04 Å².